The van der Waals surface area contributed by atoms with Crippen molar-refractivity contribution in [3.05, 3.63) is 48.2 Å². The topological polar surface area (TPSA) is 87.0 Å². The van der Waals surface area contributed by atoms with Crippen LogP contribution in [0.2, 0.25) is 0 Å². The number of benzene rings is 1. The van der Waals surface area contributed by atoms with E-state index in [1.54, 1.807) is 6.92 Å². The number of anilines is 1. The number of likely N-dealkylation sites (N-methyl/N-ethyl adjacent to an activating group) is 1. The van der Waals surface area contributed by atoms with Crippen LogP contribution in [-0.2, 0) is 11.3 Å². The molecule has 0 unspecified atom stereocenters. The molecule has 6 heteroatoms. The SMILES string of the molecule is C=C(C)C(=O)Nc1ccc(-c2[nH]ncc2CN(C)CCN)cc1. The fraction of sp³-hybridized carbons (Fsp3) is 0.294. The van der Waals surface area contributed by atoms with Crippen molar-refractivity contribution in [2.45, 2.75) is 13.5 Å². The zero-order valence-corrected chi connectivity index (χ0v) is 13.6. The highest BCUT2D eigenvalue weighted by molar-refractivity contribution is 6.02. The number of carbonyl (C=O) groups excluding carboxylic acids is 1. The van der Waals surface area contributed by atoms with Gasteiger partial charge >= 0.3 is 0 Å². The van der Waals surface area contributed by atoms with Gasteiger partial charge in [0.25, 0.3) is 5.91 Å². The molecule has 1 aromatic heterocycles. The van der Waals surface area contributed by atoms with Crippen molar-refractivity contribution in [2.24, 2.45) is 5.73 Å². The summed E-state index contributed by atoms with van der Waals surface area (Å²) in [4.78, 5) is 13.8. The van der Waals surface area contributed by atoms with Crippen LogP contribution in [0.1, 0.15) is 12.5 Å². The highest BCUT2D eigenvalue weighted by atomic mass is 16.1. The van der Waals surface area contributed by atoms with Gasteiger partial charge in [-0.05, 0) is 26.1 Å². The molecule has 0 spiro atoms. The molecule has 0 saturated heterocycles. The van der Waals surface area contributed by atoms with E-state index in [1.807, 2.05) is 37.5 Å². The Balaban J connectivity index is 2.12. The Morgan fingerprint density at radius 3 is 2.70 bits per heavy atom. The molecule has 1 amide bonds. The van der Waals surface area contributed by atoms with Gasteiger partial charge in [0.15, 0.2) is 0 Å². The molecule has 0 aliphatic rings. The second-order valence-corrected chi connectivity index (χ2v) is 5.61. The number of nitrogens with zero attached hydrogens (tertiary/aromatic N) is 2. The van der Waals surface area contributed by atoms with Crippen molar-refractivity contribution in [1.29, 1.82) is 0 Å². The Kier molecular flexibility index (Phi) is 5.67. The van der Waals surface area contributed by atoms with E-state index in [1.165, 1.54) is 0 Å². The molecule has 0 bridgehead atoms. The van der Waals surface area contributed by atoms with Gasteiger partial charge < -0.3 is 16.0 Å². The third-order valence-electron chi connectivity index (χ3n) is 3.49. The summed E-state index contributed by atoms with van der Waals surface area (Å²) in [5.41, 5.74) is 9.91. The molecule has 0 aliphatic heterocycles. The maximum absolute atomic E-state index is 11.6. The second-order valence-electron chi connectivity index (χ2n) is 5.61. The average Bonchev–Trinajstić information content (AvgIpc) is 2.96. The summed E-state index contributed by atoms with van der Waals surface area (Å²) in [7, 11) is 2.03. The van der Waals surface area contributed by atoms with Crippen molar-refractivity contribution in [3.63, 3.8) is 0 Å². The van der Waals surface area contributed by atoms with Crippen molar-refractivity contribution in [1.82, 2.24) is 15.1 Å². The zero-order valence-electron chi connectivity index (χ0n) is 13.6. The predicted molar refractivity (Wildman–Crippen MR) is 92.9 cm³/mol. The lowest BCUT2D eigenvalue weighted by molar-refractivity contribution is -0.112. The molecule has 2 aromatic rings. The molecule has 0 fully saturated rings. The van der Waals surface area contributed by atoms with Gasteiger partial charge in [-0.15, -0.1) is 0 Å². The number of rotatable bonds is 7. The van der Waals surface area contributed by atoms with Gasteiger partial charge in [-0.25, -0.2) is 0 Å². The van der Waals surface area contributed by atoms with E-state index in [0.29, 0.717) is 12.1 Å². The summed E-state index contributed by atoms with van der Waals surface area (Å²) in [5, 5.41) is 9.97. The van der Waals surface area contributed by atoms with E-state index in [2.05, 4.69) is 27.0 Å². The number of H-pyrrole nitrogens is 1. The lowest BCUT2D eigenvalue weighted by atomic mass is 10.1. The molecule has 4 N–H and O–H groups in total. The van der Waals surface area contributed by atoms with Crippen LogP contribution in [-0.4, -0.2) is 41.1 Å². The number of nitrogens with one attached hydrogen (secondary N) is 2. The fourth-order valence-corrected chi connectivity index (χ4v) is 2.23. The number of amides is 1. The Labute approximate surface area is 136 Å². The summed E-state index contributed by atoms with van der Waals surface area (Å²) in [6.07, 6.45) is 1.83. The third kappa shape index (κ3) is 4.51. The van der Waals surface area contributed by atoms with E-state index in [4.69, 9.17) is 5.73 Å². The van der Waals surface area contributed by atoms with Gasteiger partial charge in [0, 0.05) is 42.0 Å². The third-order valence-corrected chi connectivity index (χ3v) is 3.49. The van der Waals surface area contributed by atoms with Crippen LogP contribution >= 0.6 is 0 Å². The van der Waals surface area contributed by atoms with Crippen LogP contribution < -0.4 is 11.1 Å². The molecule has 6 nitrogen and oxygen atoms in total. The second kappa shape index (κ2) is 7.71. The maximum atomic E-state index is 11.6. The van der Waals surface area contributed by atoms with Crippen LogP contribution in [0, 0.1) is 0 Å². The minimum Gasteiger partial charge on any atom is -0.329 e. The van der Waals surface area contributed by atoms with Crippen LogP contribution in [0.25, 0.3) is 11.3 Å². The minimum atomic E-state index is -0.177. The van der Waals surface area contributed by atoms with Gasteiger partial charge in [0.2, 0.25) is 0 Å². The van der Waals surface area contributed by atoms with Crippen LogP contribution in [0.15, 0.2) is 42.6 Å². The molecule has 1 heterocycles. The standard InChI is InChI=1S/C17H23N5O/c1-12(2)17(23)20-15-6-4-13(5-7-15)16-14(10-19-21-16)11-22(3)9-8-18/h4-7,10H,1,8-9,11,18H2,2-3H3,(H,19,21)(H,20,23). The Hall–Kier alpha value is -2.44. The van der Waals surface area contributed by atoms with Crippen molar-refractivity contribution >= 4 is 11.6 Å². The smallest absolute Gasteiger partial charge is 0.250 e. The van der Waals surface area contributed by atoms with Crippen molar-refractivity contribution < 1.29 is 4.79 Å². The number of hydrogen-bond acceptors (Lipinski definition) is 4. The first-order valence-corrected chi connectivity index (χ1v) is 7.49. The molecule has 23 heavy (non-hydrogen) atoms. The summed E-state index contributed by atoms with van der Waals surface area (Å²) < 4.78 is 0. The quantitative estimate of drug-likeness (QED) is 0.682. The zero-order chi connectivity index (χ0) is 16.8. The normalized spacial score (nSPS) is 10.8. The first-order chi connectivity index (χ1) is 11.0. The highest BCUT2D eigenvalue weighted by Gasteiger charge is 2.10. The molecular weight excluding hydrogens is 290 g/mol. The largest absolute Gasteiger partial charge is 0.329 e. The molecule has 0 aliphatic carbocycles. The van der Waals surface area contributed by atoms with Crippen LogP contribution in [0.3, 0.4) is 0 Å². The van der Waals surface area contributed by atoms with Crippen molar-refractivity contribution in [3.8, 4) is 11.3 Å². The van der Waals surface area contributed by atoms with Gasteiger partial charge in [0.05, 0.1) is 11.9 Å². The Morgan fingerprint density at radius 1 is 1.39 bits per heavy atom. The van der Waals surface area contributed by atoms with E-state index < -0.39 is 0 Å². The first-order valence-electron chi connectivity index (χ1n) is 7.49. The highest BCUT2D eigenvalue weighted by Crippen LogP contribution is 2.23. The van der Waals surface area contributed by atoms with Gasteiger partial charge in [0.1, 0.15) is 0 Å². The number of nitrogens with two attached hydrogens (primary N) is 1. The van der Waals surface area contributed by atoms with E-state index >= 15 is 0 Å². The Bertz CT molecular complexity index is 675. The van der Waals surface area contributed by atoms with Gasteiger partial charge in [-0.1, -0.05) is 18.7 Å². The molecule has 0 radical (unpaired) electrons. The van der Waals surface area contributed by atoms with Crippen molar-refractivity contribution in [2.75, 3.05) is 25.5 Å². The molecule has 1 aromatic carbocycles. The summed E-state index contributed by atoms with van der Waals surface area (Å²) in [6, 6.07) is 7.64. The predicted octanol–water partition coefficient (Wildman–Crippen LogP) is 1.98. The van der Waals surface area contributed by atoms with E-state index in [-0.39, 0.29) is 5.91 Å². The van der Waals surface area contributed by atoms with Gasteiger partial charge in [-0.3, -0.25) is 9.89 Å². The lowest BCUT2D eigenvalue weighted by Gasteiger charge is -2.15. The number of aromatic amines is 1. The average molecular weight is 313 g/mol. The molecule has 122 valence electrons. The van der Waals surface area contributed by atoms with Gasteiger partial charge in [-0.2, -0.15) is 5.10 Å². The Morgan fingerprint density at radius 2 is 2.09 bits per heavy atom. The van der Waals surface area contributed by atoms with E-state index in [9.17, 15) is 4.79 Å². The van der Waals surface area contributed by atoms with Crippen LogP contribution in [0.5, 0.6) is 0 Å². The van der Waals surface area contributed by atoms with Crippen LogP contribution in [0.4, 0.5) is 5.69 Å². The minimum absolute atomic E-state index is 0.177. The first kappa shape index (κ1) is 16.9. The summed E-state index contributed by atoms with van der Waals surface area (Å²) >= 11 is 0. The van der Waals surface area contributed by atoms with E-state index in [0.717, 1.165) is 35.6 Å². The summed E-state index contributed by atoms with van der Waals surface area (Å²) in [5.74, 6) is -0.177. The number of carbonyl (C=O) groups is 1. The molecule has 0 saturated carbocycles. The number of hydrogen-bond donors (Lipinski definition) is 3. The molecule has 0 atom stereocenters. The molecule has 2 rings (SSSR count). The molecular formula is C17H23N5O. The maximum Gasteiger partial charge on any atom is 0.250 e. The number of aromatic nitrogens is 2. The lowest BCUT2D eigenvalue weighted by Crippen LogP contribution is -2.25. The fourth-order valence-electron chi connectivity index (χ4n) is 2.23. The monoisotopic (exact) mass is 313 g/mol. The summed E-state index contributed by atoms with van der Waals surface area (Å²) in [6.45, 7) is 7.53.